The van der Waals surface area contributed by atoms with Gasteiger partial charge in [0.15, 0.2) is 0 Å². The summed E-state index contributed by atoms with van der Waals surface area (Å²) in [6.45, 7) is 0. The number of aromatic carboxylic acids is 1. The summed E-state index contributed by atoms with van der Waals surface area (Å²) in [5.74, 6) is -1.11. The van der Waals surface area contributed by atoms with Gasteiger partial charge >= 0.3 is 5.97 Å². The minimum Gasteiger partial charge on any atom is -0.478 e. The molecule has 0 aliphatic heterocycles. The van der Waals surface area contributed by atoms with Crippen molar-refractivity contribution in [2.45, 2.75) is 0 Å². The van der Waals surface area contributed by atoms with Crippen LogP contribution in [0.4, 0.5) is 0 Å². The monoisotopic (exact) mass is 326 g/mol. The van der Waals surface area contributed by atoms with Crippen LogP contribution in [0, 0.1) is 0 Å². The maximum atomic E-state index is 12.4. The summed E-state index contributed by atoms with van der Waals surface area (Å²) >= 11 is 5.81. The van der Waals surface area contributed by atoms with Gasteiger partial charge in [0.2, 0.25) is 0 Å². The van der Waals surface area contributed by atoms with E-state index in [0.29, 0.717) is 15.8 Å². The maximum Gasteiger partial charge on any atom is 0.337 e. The van der Waals surface area contributed by atoms with Gasteiger partial charge in [0.25, 0.3) is 5.56 Å². The number of pyridine rings is 1. The summed E-state index contributed by atoms with van der Waals surface area (Å²) in [4.78, 5) is 23.8. The molecule has 0 aliphatic carbocycles. The fourth-order valence-corrected chi connectivity index (χ4v) is 2.34. The first-order valence-corrected chi connectivity index (χ1v) is 7.11. The molecule has 1 N–H and O–H groups in total. The van der Waals surface area contributed by atoms with E-state index in [1.807, 2.05) is 0 Å². The Kier molecular flexibility index (Phi) is 3.95. The first kappa shape index (κ1) is 15.0. The van der Waals surface area contributed by atoms with Crippen molar-refractivity contribution < 1.29 is 9.90 Å². The highest BCUT2D eigenvalue weighted by molar-refractivity contribution is 6.30. The number of carboxylic acids is 1. The van der Waals surface area contributed by atoms with Crippen molar-refractivity contribution in [1.29, 1.82) is 0 Å². The molecule has 0 spiro atoms. The molecule has 3 rings (SSSR count). The number of rotatable bonds is 3. The minimum atomic E-state index is -1.11. The van der Waals surface area contributed by atoms with Crippen LogP contribution in [0.1, 0.15) is 15.9 Å². The Labute approximate surface area is 136 Å². The first-order valence-electron chi connectivity index (χ1n) is 6.74. The summed E-state index contributed by atoms with van der Waals surface area (Å²) in [7, 11) is 0. The van der Waals surface area contributed by atoms with Crippen LogP contribution in [0.3, 0.4) is 0 Å². The SMILES string of the molecule is O=C(O)c1cn(/N=C/c2ccc(Cl)cc2)c(=O)c2ccccc12. The van der Waals surface area contributed by atoms with Crippen LogP contribution in [0.2, 0.25) is 5.02 Å². The lowest BCUT2D eigenvalue weighted by molar-refractivity contribution is 0.0698. The van der Waals surface area contributed by atoms with Crippen LogP contribution in [0.5, 0.6) is 0 Å². The smallest absolute Gasteiger partial charge is 0.337 e. The first-order chi connectivity index (χ1) is 11.1. The number of fused-ring (bicyclic) bond motifs is 1. The number of nitrogens with zero attached hydrogens (tertiary/aromatic N) is 2. The highest BCUT2D eigenvalue weighted by Crippen LogP contribution is 2.15. The summed E-state index contributed by atoms with van der Waals surface area (Å²) in [6, 6.07) is 13.5. The van der Waals surface area contributed by atoms with Crippen LogP contribution in [0.15, 0.2) is 64.6 Å². The lowest BCUT2D eigenvalue weighted by Crippen LogP contribution is -2.19. The maximum absolute atomic E-state index is 12.4. The molecule has 0 atom stereocenters. The summed E-state index contributed by atoms with van der Waals surface area (Å²) in [5.41, 5.74) is 0.385. The Morgan fingerprint density at radius 1 is 1.09 bits per heavy atom. The van der Waals surface area contributed by atoms with Gasteiger partial charge in [-0.25, -0.2) is 9.47 Å². The van der Waals surface area contributed by atoms with E-state index in [0.717, 1.165) is 10.2 Å². The number of halogens is 1. The van der Waals surface area contributed by atoms with Crippen molar-refractivity contribution in [2.24, 2.45) is 5.10 Å². The Balaban J connectivity index is 2.14. The fraction of sp³-hybridized carbons (Fsp3) is 0. The molecule has 2 aromatic carbocycles. The molecule has 3 aromatic rings. The van der Waals surface area contributed by atoms with Gasteiger partial charge in [0, 0.05) is 22.0 Å². The van der Waals surface area contributed by atoms with Crippen molar-refractivity contribution in [3.05, 3.63) is 81.2 Å². The van der Waals surface area contributed by atoms with E-state index in [1.54, 1.807) is 48.5 Å². The zero-order valence-corrected chi connectivity index (χ0v) is 12.6. The van der Waals surface area contributed by atoms with Crippen LogP contribution >= 0.6 is 11.6 Å². The largest absolute Gasteiger partial charge is 0.478 e. The zero-order valence-electron chi connectivity index (χ0n) is 11.8. The number of hydrogen-bond donors (Lipinski definition) is 1. The molecular formula is C17H11ClN2O3. The van der Waals surface area contributed by atoms with E-state index >= 15 is 0 Å². The van der Waals surface area contributed by atoms with Crippen molar-refractivity contribution >= 4 is 34.6 Å². The van der Waals surface area contributed by atoms with Crippen molar-refractivity contribution in [3.8, 4) is 0 Å². The molecule has 0 bridgehead atoms. The highest BCUT2D eigenvalue weighted by Gasteiger charge is 2.13. The molecule has 0 amide bonds. The average Bonchev–Trinajstić information content (AvgIpc) is 2.55. The summed E-state index contributed by atoms with van der Waals surface area (Å²) in [5, 5.41) is 14.7. The van der Waals surface area contributed by atoms with Gasteiger partial charge in [-0.3, -0.25) is 4.79 Å². The molecule has 114 valence electrons. The van der Waals surface area contributed by atoms with Gasteiger partial charge in [-0.05, 0) is 23.8 Å². The van der Waals surface area contributed by atoms with Gasteiger partial charge in [-0.2, -0.15) is 5.10 Å². The number of carbonyl (C=O) groups is 1. The number of benzene rings is 2. The van der Waals surface area contributed by atoms with Crippen LogP contribution in [-0.4, -0.2) is 22.0 Å². The standard InChI is InChI=1S/C17H11ClN2O3/c18-12-7-5-11(6-8-12)9-19-20-10-15(17(22)23)13-3-1-2-4-14(13)16(20)21/h1-10H,(H,22,23)/b19-9+. The molecule has 0 saturated heterocycles. The third-order valence-electron chi connectivity index (χ3n) is 3.34. The van der Waals surface area contributed by atoms with E-state index in [2.05, 4.69) is 5.10 Å². The van der Waals surface area contributed by atoms with E-state index in [9.17, 15) is 14.7 Å². The Bertz CT molecular complexity index is 975. The minimum absolute atomic E-state index is 0.0217. The van der Waals surface area contributed by atoms with Gasteiger partial charge in [0.05, 0.1) is 11.8 Å². The van der Waals surface area contributed by atoms with Crippen molar-refractivity contribution in [1.82, 2.24) is 4.68 Å². The molecule has 0 unspecified atom stereocenters. The Morgan fingerprint density at radius 2 is 1.74 bits per heavy atom. The molecule has 1 heterocycles. The van der Waals surface area contributed by atoms with E-state index < -0.39 is 5.97 Å². The second kappa shape index (κ2) is 6.06. The number of hydrogen-bond acceptors (Lipinski definition) is 3. The van der Waals surface area contributed by atoms with E-state index in [1.165, 1.54) is 12.4 Å². The van der Waals surface area contributed by atoms with Crippen LogP contribution in [0.25, 0.3) is 10.8 Å². The Hall–Kier alpha value is -2.92. The molecule has 23 heavy (non-hydrogen) atoms. The topological polar surface area (TPSA) is 71.7 Å². The van der Waals surface area contributed by atoms with Crippen molar-refractivity contribution in [2.75, 3.05) is 0 Å². The predicted molar refractivity (Wildman–Crippen MR) is 89.6 cm³/mol. The summed E-state index contributed by atoms with van der Waals surface area (Å²) in [6.07, 6.45) is 2.69. The Morgan fingerprint density at radius 3 is 2.39 bits per heavy atom. The highest BCUT2D eigenvalue weighted by atomic mass is 35.5. The van der Waals surface area contributed by atoms with Crippen LogP contribution < -0.4 is 5.56 Å². The van der Waals surface area contributed by atoms with Gasteiger partial charge < -0.3 is 5.11 Å². The van der Waals surface area contributed by atoms with Gasteiger partial charge in [0.1, 0.15) is 0 Å². The second-order valence-electron chi connectivity index (χ2n) is 4.84. The second-order valence-corrected chi connectivity index (χ2v) is 5.28. The quantitative estimate of drug-likeness (QED) is 0.751. The van der Waals surface area contributed by atoms with E-state index in [4.69, 9.17) is 11.6 Å². The molecule has 0 fully saturated rings. The molecule has 0 radical (unpaired) electrons. The molecular weight excluding hydrogens is 316 g/mol. The summed E-state index contributed by atoms with van der Waals surface area (Å²) < 4.78 is 1.03. The lowest BCUT2D eigenvalue weighted by Gasteiger charge is -2.05. The van der Waals surface area contributed by atoms with Crippen molar-refractivity contribution in [3.63, 3.8) is 0 Å². The van der Waals surface area contributed by atoms with Gasteiger partial charge in [-0.1, -0.05) is 41.9 Å². The van der Waals surface area contributed by atoms with E-state index in [-0.39, 0.29) is 11.1 Å². The molecule has 6 heteroatoms. The third-order valence-corrected chi connectivity index (χ3v) is 3.59. The average molecular weight is 327 g/mol. The van der Waals surface area contributed by atoms with Gasteiger partial charge in [-0.15, -0.1) is 0 Å². The van der Waals surface area contributed by atoms with Crippen LogP contribution in [-0.2, 0) is 0 Å². The lowest BCUT2D eigenvalue weighted by atomic mass is 10.1. The fourth-order valence-electron chi connectivity index (χ4n) is 2.21. The third kappa shape index (κ3) is 3.00. The molecule has 5 nitrogen and oxygen atoms in total. The predicted octanol–water partition coefficient (Wildman–Crippen LogP) is 3.24. The molecule has 0 saturated carbocycles. The molecule has 0 aliphatic rings. The molecule has 1 aromatic heterocycles. The zero-order chi connectivity index (χ0) is 16.4. The number of aromatic nitrogens is 1. The normalized spacial score (nSPS) is 11.2. The number of carboxylic acid groups (broad SMARTS) is 1.